The van der Waals surface area contributed by atoms with Gasteiger partial charge in [-0.2, -0.15) is 5.26 Å². The predicted molar refractivity (Wildman–Crippen MR) is 121 cm³/mol. The van der Waals surface area contributed by atoms with E-state index in [-0.39, 0.29) is 5.02 Å². The smallest absolute Gasteiger partial charge is 0.168 e. The number of benzene rings is 3. The molecule has 5 nitrogen and oxygen atoms in total. The first-order valence-electron chi connectivity index (χ1n) is 9.30. The molecule has 0 bridgehead atoms. The van der Waals surface area contributed by atoms with Gasteiger partial charge in [-0.05, 0) is 42.5 Å². The molecule has 31 heavy (non-hydrogen) atoms. The zero-order valence-corrected chi connectivity index (χ0v) is 17.9. The van der Waals surface area contributed by atoms with E-state index in [0.29, 0.717) is 46.4 Å². The lowest BCUT2D eigenvalue weighted by Crippen LogP contribution is -2.01. The quantitative estimate of drug-likeness (QED) is 0.268. The topological polar surface area (TPSA) is 67.2 Å². The van der Waals surface area contributed by atoms with Crippen molar-refractivity contribution in [3.63, 3.8) is 0 Å². The summed E-state index contributed by atoms with van der Waals surface area (Å²) in [5, 5.41) is 15.1. The van der Waals surface area contributed by atoms with Crippen molar-refractivity contribution < 1.29 is 13.9 Å². The molecule has 0 saturated carbocycles. The third-order valence-electron chi connectivity index (χ3n) is 4.80. The van der Waals surface area contributed by atoms with Gasteiger partial charge in [0, 0.05) is 28.0 Å². The van der Waals surface area contributed by atoms with Gasteiger partial charge in [-0.1, -0.05) is 11.6 Å². The largest absolute Gasteiger partial charge is 0.492 e. The van der Waals surface area contributed by atoms with Gasteiger partial charge in [0.2, 0.25) is 0 Å². The van der Waals surface area contributed by atoms with Crippen molar-refractivity contribution in [2.45, 2.75) is 0 Å². The number of nitrogens with one attached hydrogen (secondary N) is 1. The Balaban J connectivity index is 1.91. The van der Waals surface area contributed by atoms with Crippen LogP contribution in [0.4, 0.5) is 15.8 Å². The highest BCUT2D eigenvalue weighted by Gasteiger charge is 2.16. The van der Waals surface area contributed by atoms with E-state index < -0.39 is 5.82 Å². The molecule has 3 aromatic carbocycles. The predicted octanol–water partition coefficient (Wildman–Crippen LogP) is 6.42. The fourth-order valence-electron chi connectivity index (χ4n) is 3.43. The molecule has 0 amide bonds. The number of fused-ring (bicyclic) bond motifs is 3. The third kappa shape index (κ3) is 3.90. The van der Waals surface area contributed by atoms with E-state index in [1.807, 2.05) is 18.2 Å². The van der Waals surface area contributed by atoms with E-state index in [4.69, 9.17) is 32.7 Å². The molecule has 4 rings (SSSR count). The van der Waals surface area contributed by atoms with Crippen molar-refractivity contribution in [3.05, 3.63) is 65.1 Å². The number of nitrogens with zero attached hydrogens (tertiary/aromatic N) is 2. The number of alkyl halides is 1. The number of halogens is 3. The summed E-state index contributed by atoms with van der Waals surface area (Å²) in [6.07, 6.45) is 1.50. The minimum absolute atomic E-state index is 0.0125. The Hall–Kier alpha value is -3.27. The van der Waals surface area contributed by atoms with E-state index in [1.165, 1.54) is 18.3 Å². The monoisotopic (exact) mass is 455 g/mol. The number of pyridine rings is 1. The van der Waals surface area contributed by atoms with Crippen LogP contribution in [-0.2, 0) is 0 Å². The standard InChI is InChI=1S/C23H16Cl2FN3O2/c1-30-23-16-3-4-17-21(29-14-2-6-19(26)18(25)10-14)13(11-27)12-28-22(17)15(16)5-7-20(23)31-9-8-24/h2-7,10,12H,8-9H2,1H3,(H,28,29). The summed E-state index contributed by atoms with van der Waals surface area (Å²) >= 11 is 11.6. The van der Waals surface area contributed by atoms with Crippen LogP contribution in [0.1, 0.15) is 5.56 Å². The van der Waals surface area contributed by atoms with Crippen LogP contribution >= 0.6 is 23.2 Å². The molecule has 0 saturated heterocycles. The molecule has 156 valence electrons. The molecule has 1 aromatic heterocycles. The third-order valence-corrected chi connectivity index (χ3v) is 5.24. The molecule has 0 fully saturated rings. The average molecular weight is 456 g/mol. The molecule has 1 N–H and O–H groups in total. The van der Waals surface area contributed by atoms with E-state index in [0.717, 1.165) is 16.2 Å². The second kappa shape index (κ2) is 8.84. The van der Waals surface area contributed by atoms with Gasteiger partial charge in [0.05, 0.1) is 34.8 Å². The normalized spacial score (nSPS) is 10.8. The van der Waals surface area contributed by atoms with Crippen LogP contribution < -0.4 is 14.8 Å². The first-order chi connectivity index (χ1) is 15.1. The van der Waals surface area contributed by atoms with E-state index in [1.54, 1.807) is 19.2 Å². The Morgan fingerprint density at radius 3 is 2.61 bits per heavy atom. The van der Waals surface area contributed by atoms with Gasteiger partial charge in [-0.3, -0.25) is 4.98 Å². The summed E-state index contributed by atoms with van der Waals surface area (Å²) in [6.45, 7) is 0.356. The maximum absolute atomic E-state index is 13.5. The fraction of sp³-hybridized carbons (Fsp3) is 0.130. The number of methoxy groups -OCH3 is 1. The number of anilines is 2. The molecule has 0 radical (unpaired) electrons. The van der Waals surface area contributed by atoms with Gasteiger partial charge in [0.25, 0.3) is 0 Å². The van der Waals surface area contributed by atoms with Crippen molar-refractivity contribution in [2.75, 3.05) is 24.9 Å². The summed E-state index contributed by atoms with van der Waals surface area (Å²) in [6, 6.07) is 13.9. The number of ether oxygens (including phenoxy) is 2. The van der Waals surface area contributed by atoms with Crippen LogP contribution in [-0.4, -0.2) is 24.6 Å². The SMILES string of the molecule is COc1c(OCCCl)ccc2c1ccc1c(Nc3ccc(F)c(Cl)c3)c(C#N)cnc12. The van der Waals surface area contributed by atoms with Gasteiger partial charge < -0.3 is 14.8 Å². The Kier molecular flexibility index (Phi) is 5.99. The van der Waals surface area contributed by atoms with Crippen molar-refractivity contribution in [1.82, 2.24) is 4.98 Å². The molecule has 8 heteroatoms. The van der Waals surface area contributed by atoms with Crippen molar-refractivity contribution >= 4 is 56.3 Å². The zero-order chi connectivity index (χ0) is 22.0. The van der Waals surface area contributed by atoms with E-state index in [9.17, 15) is 9.65 Å². The van der Waals surface area contributed by atoms with Gasteiger partial charge in [-0.15, -0.1) is 11.6 Å². The highest BCUT2D eigenvalue weighted by molar-refractivity contribution is 6.31. The molecular weight excluding hydrogens is 440 g/mol. The Labute approximate surface area is 187 Å². The Bertz CT molecular complexity index is 1340. The molecule has 4 aromatic rings. The molecule has 0 unspecified atom stereocenters. The first kappa shape index (κ1) is 21.0. The van der Waals surface area contributed by atoms with Crippen LogP contribution in [0.25, 0.3) is 21.7 Å². The number of hydrogen-bond donors (Lipinski definition) is 1. The van der Waals surface area contributed by atoms with Crippen LogP contribution in [0, 0.1) is 17.1 Å². The molecule has 0 aliphatic carbocycles. The summed E-state index contributed by atoms with van der Waals surface area (Å²) in [5.74, 6) is 1.01. The fourth-order valence-corrected chi connectivity index (χ4v) is 3.69. The number of rotatable bonds is 6. The molecule has 0 spiro atoms. The minimum Gasteiger partial charge on any atom is -0.492 e. The molecule has 0 atom stereocenters. The van der Waals surface area contributed by atoms with Crippen LogP contribution in [0.5, 0.6) is 11.5 Å². The number of hydrogen-bond acceptors (Lipinski definition) is 5. The van der Waals surface area contributed by atoms with Crippen LogP contribution in [0.15, 0.2) is 48.7 Å². The molecule has 0 aliphatic rings. The van der Waals surface area contributed by atoms with Crippen LogP contribution in [0.3, 0.4) is 0 Å². The van der Waals surface area contributed by atoms with Gasteiger partial charge >= 0.3 is 0 Å². The Morgan fingerprint density at radius 1 is 1.13 bits per heavy atom. The lowest BCUT2D eigenvalue weighted by molar-refractivity contribution is 0.315. The van der Waals surface area contributed by atoms with E-state index >= 15 is 0 Å². The second-order valence-corrected chi connectivity index (χ2v) is 7.39. The summed E-state index contributed by atoms with van der Waals surface area (Å²) in [7, 11) is 1.57. The molecular formula is C23H16Cl2FN3O2. The Morgan fingerprint density at radius 2 is 1.90 bits per heavy atom. The maximum Gasteiger partial charge on any atom is 0.168 e. The molecule has 1 heterocycles. The summed E-state index contributed by atoms with van der Waals surface area (Å²) in [5.41, 5.74) is 2.13. The van der Waals surface area contributed by atoms with Gasteiger partial charge in [0.1, 0.15) is 18.5 Å². The highest BCUT2D eigenvalue weighted by atomic mass is 35.5. The molecule has 0 aliphatic heterocycles. The number of nitriles is 1. The van der Waals surface area contributed by atoms with Gasteiger partial charge in [0.15, 0.2) is 11.5 Å². The van der Waals surface area contributed by atoms with Crippen LogP contribution in [0.2, 0.25) is 5.02 Å². The van der Waals surface area contributed by atoms with Crippen molar-refractivity contribution in [2.24, 2.45) is 0 Å². The minimum atomic E-state index is -0.516. The van der Waals surface area contributed by atoms with Crippen molar-refractivity contribution in [3.8, 4) is 17.6 Å². The zero-order valence-electron chi connectivity index (χ0n) is 16.4. The van der Waals surface area contributed by atoms with E-state index in [2.05, 4.69) is 16.4 Å². The first-order valence-corrected chi connectivity index (χ1v) is 10.2. The lowest BCUT2D eigenvalue weighted by atomic mass is 10.0. The van der Waals surface area contributed by atoms with Gasteiger partial charge in [-0.25, -0.2) is 4.39 Å². The highest BCUT2D eigenvalue weighted by Crippen LogP contribution is 2.40. The number of aromatic nitrogens is 1. The van der Waals surface area contributed by atoms with Crippen molar-refractivity contribution in [1.29, 1.82) is 5.26 Å². The summed E-state index contributed by atoms with van der Waals surface area (Å²) < 4.78 is 24.8. The second-order valence-electron chi connectivity index (χ2n) is 6.60. The summed E-state index contributed by atoms with van der Waals surface area (Å²) in [4.78, 5) is 4.52. The lowest BCUT2D eigenvalue weighted by Gasteiger charge is -2.16. The maximum atomic E-state index is 13.5. The average Bonchev–Trinajstić information content (AvgIpc) is 2.79.